The molecule has 0 aliphatic carbocycles. The molecule has 0 N–H and O–H groups in total. The van der Waals surface area contributed by atoms with Gasteiger partial charge >= 0.3 is 5.97 Å². The number of methoxy groups -OCH3 is 1. The number of carbonyl (C=O) groups excluding carboxylic acids is 1. The number of aromatic nitrogens is 4. The zero-order valence-electron chi connectivity index (χ0n) is 20.0. The van der Waals surface area contributed by atoms with Gasteiger partial charge in [0.25, 0.3) is 0 Å². The Morgan fingerprint density at radius 1 is 1.09 bits per heavy atom. The minimum atomic E-state index is -0.500. The van der Waals surface area contributed by atoms with Crippen LogP contribution in [0.5, 0.6) is 11.5 Å². The molecule has 0 bridgehead atoms. The van der Waals surface area contributed by atoms with E-state index in [0.29, 0.717) is 18.2 Å². The van der Waals surface area contributed by atoms with Gasteiger partial charge in [-0.3, -0.25) is 0 Å². The number of carbonyl (C=O) groups is 1. The normalized spacial score (nSPS) is 11.1. The molecule has 0 saturated carbocycles. The largest absolute Gasteiger partial charge is 0.497 e. The first-order valence-electron chi connectivity index (χ1n) is 11.6. The maximum atomic E-state index is 12.6. The van der Waals surface area contributed by atoms with E-state index in [9.17, 15) is 4.79 Å². The lowest BCUT2D eigenvalue weighted by Crippen LogP contribution is -2.08. The summed E-state index contributed by atoms with van der Waals surface area (Å²) in [6.07, 6.45) is 3.35. The predicted molar refractivity (Wildman–Crippen MR) is 137 cm³/mol. The fourth-order valence-corrected chi connectivity index (χ4v) is 5.47. The number of esters is 1. The van der Waals surface area contributed by atoms with Crippen LogP contribution in [0.2, 0.25) is 0 Å². The van der Waals surface area contributed by atoms with Gasteiger partial charge in [0.2, 0.25) is 5.69 Å². The number of nitrogens with zero attached hydrogens (tertiary/aromatic N) is 4. The minimum absolute atomic E-state index is 0.185. The Hall–Kier alpha value is -3.11. The van der Waals surface area contributed by atoms with Crippen LogP contribution in [0.15, 0.2) is 51.8 Å². The van der Waals surface area contributed by atoms with Crippen molar-refractivity contribution in [3.05, 3.63) is 53.7 Å². The molecular weight excluding hydrogens is 484 g/mol. The molecule has 2 heterocycles. The second-order valence-corrected chi connectivity index (χ2v) is 10.0. The summed E-state index contributed by atoms with van der Waals surface area (Å²) in [6.45, 7) is 5.34. The summed E-state index contributed by atoms with van der Waals surface area (Å²) < 4.78 is 19.9. The lowest BCUT2D eigenvalue weighted by Gasteiger charge is -2.07. The van der Waals surface area contributed by atoms with Crippen molar-refractivity contribution in [3.8, 4) is 11.5 Å². The number of hydrogen-bond donors (Lipinski definition) is 0. The summed E-state index contributed by atoms with van der Waals surface area (Å²) in [6, 6.07) is 13.6. The SMILES string of the molecule is CCCCCOc1ccc2sc(Sc3c(C(=O)OCC)nnn3Cc3ccc(OC)cc3)nc2c1. The van der Waals surface area contributed by atoms with Gasteiger partial charge < -0.3 is 14.2 Å². The zero-order valence-corrected chi connectivity index (χ0v) is 21.7. The zero-order chi connectivity index (χ0) is 24.6. The Balaban J connectivity index is 1.58. The van der Waals surface area contributed by atoms with Gasteiger partial charge in [-0.25, -0.2) is 14.5 Å². The first-order chi connectivity index (χ1) is 17.1. The van der Waals surface area contributed by atoms with Gasteiger partial charge in [-0.15, -0.1) is 16.4 Å². The lowest BCUT2D eigenvalue weighted by molar-refractivity contribution is 0.0515. The highest BCUT2D eigenvalue weighted by atomic mass is 32.2. The Kier molecular flexibility index (Phi) is 8.59. The fraction of sp³-hybridized carbons (Fsp3) is 0.360. The molecule has 0 radical (unpaired) electrons. The molecule has 0 fully saturated rings. The first kappa shape index (κ1) is 25.0. The van der Waals surface area contributed by atoms with E-state index in [1.54, 1.807) is 30.1 Å². The number of rotatable bonds is 12. The smallest absolute Gasteiger partial charge is 0.361 e. The molecular formula is C25H28N4O4S2. The Bertz CT molecular complexity index is 1270. The number of fused-ring (bicyclic) bond motifs is 1. The number of thiazole rings is 1. The van der Waals surface area contributed by atoms with E-state index in [4.69, 9.17) is 19.2 Å². The van der Waals surface area contributed by atoms with Crippen LogP contribution < -0.4 is 9.47 Å². The molecule has 0 saturated heterocycles. The van der Waals surface area contributed by atoms with E-state index < -0.39 is 5.97 Å². The fourth-order valence-electron chi connectivity index (χ4n) is 3.38. The average molecular weight is 513 g/mol. The topological polar surface area (TPSA) is 88.4 Å². The van der Waals surface area contributed by atoms with Crippen molar-refractivity contribution in [2.24, 2.45) is 0 Å². The summed E-state index contributed by atoms with van der Waals surface area (Å²) in [5.41, 5.74) is 2.05. The van der Waals surface area contributed by atoms with Gasteiger partial charge in [-0.2, -0.15) is 0 Å². The molecule has 0 aliphatic heterocycles. The van der Waals surface area contributed by atoms with E-state index in [1.807, 2.05) is 42.5 Å². The summed E-state index contributed by atoms with van der Waals surface area (Å²) in [4.78, 5) is 17.3. The number of unbranched alkanes of at least 4 members (excludes halogenated alkanes) is 2. The average Bonchev–Trinajstić information content (AvgIpc) is 3.46. The van der Waals surface area contributed by atoms with Crippen LogP contribution in [-0.4, -0.2) is 46.3 Å². The quantitative estimate of drug-likeness (QED) is 0.173. The van der Waals surface area contributed by atoms with Crippen LogP contribution in [0, 0.1) is 0 Å². The van der Waals surface area contributed by atoms with Crippen LogP contribution in [-0.2, 0) is 11.3 Å². The van der Waals surface area contributed by atoms with Crippen molar-refractivity contribution in [2.75, 3.05) is 20.3 Å². The third-order valence-electron chi connectivity index (χ3n) is 5.19. The molecule has 0 unspecified atom stereocenters. The highest BCUT2D eigenvalue weighted by Gasteiger charge is 2.23. The van der Waals surface area contributed by atoms with E-state index in [1.165, 1.54) is 11.8 Å². The third kappa shape index (κ3) is 6.32. The first-order valence-corrected chi connectivity index (χ1v) is 13.2. The molecule has 2 aromatic heterocycles. The molecule has 2 aromatic carbocycles. The van der Waals surface area contributed by atoms with E-state index >= 15 is 0 Å². The van der Waals surface area contributed by atoms with Crippen LogP contribution in [0.3, 0.4) is 0 Å². The highest BCUT2D eigenvalue weighted by molar-refractivity contribution is 8.01. The van der Waals surface area contributed by atoms with Gasteiger partial charge in [-0.1, -0.05) is 37.1 Å². The second kappa shape index (κ2) is 12.0. The van der Waals surface area contributed by atoms with Crippen molar-refractivity contribution >= 4 is 39.3 Å². The molecule has 0 atom stereocenters. The van der Waals surface area contributed by atoms with E-state index in [0.717, 1.165) is 50.9 Å². The monoisotopic (exact) mass is 512 g/mol. The minimum Gasteiger partial charge on any atom is -0.497 e. The van der Waals surface area contributed by atoms with Crippen molar-refractivity contribution in [3.63, 3.8) is 0 Å². The van der Waals surface area contributed by atoms with Gasteiger partial charge in [0, 0.05) is 6.07 Å². The summed E-state index contributed by atoms with van der Waals surface area (Å²) in [7, 11) is 1.63. The molecule has 4 rings (SSSR count). The van der Waals surface area contributed by atoms with Gasteiger partial charge in [0.05, 0.1) is 37.1 Å². The van der Waals surface area contributed by atoms with Crippen LogP contribution >= 0.6 is 23.1 Å². The predicted octanol–water partition coefficient (Wildman–Crippen LogP) is 5.84. The van der Waals surface area contributed by atoms with Gasteiger partial charge in [0.15, 0.2) is 4.34 Å². The van der Waals surface area contributed by atoms with Crippen LogP contribution in [0.4, 0.5) is 0 Å². The van der Waals surface area contributed by atoms with Crippen LogP contribution in [0.25, 0.3) is 10.2 Å². The number of hydrogen-bond acceptors (Lipinski definition) is 9. The lowest BCUT2D eigenvalue weighted by atomic mass is 10.2. The van der Waals surface area contributed by atoms with Gasteiger partial charge in [-0.05, 0) is 54.9 Å². The Labute approximate surface area is 212 Å². The Morgan fingerprint density at radius 3 is 2.63 bits per heavy atom. The molecule has 8 nitrogen and oxygen atoms in total. The summed E-state index contributed by atoms with van der Waals surface area (Å²) in [5, 5.41) is 8.96. The molecule has 0 spiro atoms. The standard InChI is InChI=1S/C25H28N4O4S2/c1-4-6-7-14-33-19-12-13-21-20(15-19)26-25(34-21)35-23-22(24(30)32-5-2)27-28-29(23)16-17-8-10-18(31-3)11-9-17/h8-13,15H,4-7,14,16H2,1-3H3. The summed E-state index contributed by atoms with van der Waals surface area (Å²) in [5.74, 6) is 1.09. The molecule has 10 heteroatoms. The number of ether oxygens (including phenoxy) is 3. The maximum absolute atomic E-state index is 12.6. The summed E-state index contributed by atoms with van der Waals surface area (Å²) >= 11 is 2.91. The van der Waals surface area contributed by atoms with Crippen LogP contribution in [0.1, 0.15) is 49.2 Å². The molecule has 4 aromatic rings. The van der Waals surface area contributed by atoms with E-state index in [2.05, 4.69) is 17.2 Å². The molecule has 184 valence electrons. The van der Waals surface area contributed by atoms with Crippen molar-refractivity contribution < 1.29 is 19.0 Å². The van der Waals surface area contributed by atoms with Gasteiger partial charge in [0.1, 0.15) is 16.5 Å². The molecule has 35 heavy (non-hydrogen) atoms. The Morgan fingerprint density at radius 2 is 1.89 bits per heavy atom. The van der Waals surface area contributed by atoms with Crippen molar-refractivity contribution in [2.45, 2.75) is 49.0 Å². The third-order valence-corrected chi connectivity index (χ3v) is 7.38. The molecule has 0 amide bonds. The van der Waals surface area contributed by atoms with Crippen molar-refractivity contribution in [1.29, 1.82) is 0 Å². The number of benzene rings is 2. The second-order valence-electron chi connectivity index (χ2n) is 7.74. The molecule has 0 aliphatic rings. The van der Waals surface area contributed by atoms with Crippen molar-refractivity contribution in [1.82, 2.24) is 20.0 Å². The maximum Gasteiger partial charge on any atom is 0.361 e. The van der Waals surface area contributed by atoms with E-state index in [-0.39, 0.29) is 12.3 Å². The highest BCUT2D eigenvalue weighted by Crippen LogP contribution is 2.37.